The Labute approximate surface area is 69.3 Å². The molecule has 0 bridgehead atoms. The van der Waals surface area contributed by atoms with E-state index in [1.165, 1.54) is 0 Å². The van der Waals surface area contributed by atoms with Crippen LogP contribution in [0.2, 0.25) is 0 Å². The van der Waals surface area contributed by atoms with E-state index in [0.29, 0.717) is 0 Å². The van der Waals surface area contributed by atoms with E-state index in [2.05, 4.69) is 22.9 Å². The van der Waals surface area contributed by atoms with Crippen molar-refractivity contribution in [1.29, 1.82) is 0 Å². The Hall–Kier alpha value is 0.420. The van der Waals surface area contributed by atoms with Crippen LogP contribution in [0.25, 0.3) is 0 Å². The summed E-state index contributed by atoms with van der Waals surface area (Å²) in [6.45, 7) is 0. The van der Waals surface area contributed by atoms with Gasteiger partial charge >= 0.3 is 0 Å². The number of nitrogens with zero attached hydrogens (tertiary/aromatic N) is 2. The molecule has 0 spiro atoms. The predicted molar refractivity (Wildman–Crippen MR) is 48.1 cm³/mol. The van der Waals surface area contributed by atoms with Gasteiger partial charge in [0.05, 0.1) is 22.9 Å². The van der Waals surface area contributed by atoms with Crippen LogP contribution in [-0.2, 0) is 0 Å². The fourth-order valence-corrected chi connectivity index (χ4v) is 0.707. The first-order chi connectivity index (χ1) is 3.55. The molecule has 0 aromatic carbocycles. The third-order valence-electron chi connectivity index (χ3n) is 0.646. The van der Waals surface area contributed by atoms with Gasteiger partial charge in [0.25, 0.3) is 0 Å². The van der Waals surface area contributed by atoms with Gasteiger partial charge in [-0.1, -0.05) is 0 Å². The van der Waals surface area contributed by atoms with E-state index in [1.807, 2.05) is 29.2 Å². The Morgan fingerprint density at radius 1 is 1.38 bits per heavy atom. The summed E-state index contributed by atoms with van der Waals surface area (Å²) < 4.78 is 1.87. The summed E-state index contributed by atoms with van der Waals surface area (Å²) in [5.74, 6) is 0. The molecular weight excluding hydrogens is 235 g/mol. The van der Waals surface area contributed by atoms with Gasteiger partial charge in [-0.25, -0.2) is 0 Å². The fourth-order valence-electron chi connectivity index (χ4n) is 0.276. The van der Waals surface area contributed by atoms with Gasteiger partial charge in [0.1, 0.15) is 0 Å². The SMILES string of the molecule is CN(C)C(=S)N(C)I. The van der Waals surface area contributed by atoms with Crippen LogP contribution < -0.4 is 0 Å². The molecule has 0 aliphatic heterocycles. The van der Waals surface area contributed by atoms with Crippen molar-refractivity contribution in [3.8, 4) is 0 Å². The van der Waals surface area contributed by atoms with Crippen molar-refractivity contribution in [2.45, 2.75) is 0 Å². The number of hydrogen-bond acceptors (Lipinski definition) is 1. The molecule has 0 unspecified atom stereocenters. The average molecular weight is 244 g/mol. The molecule has 2 nitrogen and oxygen atoms in total. The molecule has 48 valence electrons. The molecule has 0 heterocycles. The van der Waals surface area contributed by atoms with Crippen molar-refractivity contribution in [1.82, 2.24) is 8.01 Å². The lowest BCUT2D eigenvalue weighted by Gasteiger charge is -2.18. The standard InChI is InChI=1S/C4H9IN2S/c1-6(2)4(8)7(3)5/h1-3H3. The van der Waals surface area contributed by atoms with Gasteiger partial charge in [0, 0.05) is 21.1 Å². The third kappa shape index (κ3) is 2.66. The normalized spacial score (nSPS) is 8.50. The van der Waals surface area contributed by atoms with Gasteiger partial charge in [-0.15, -0.1) is 0 Å². The maximum Gasteiger partial charge on any atom is 0.179 e. The Bertz CT molecular complexity index is 82.0. The van der Waals surface area contributed by atoms with Crippen LogP contribution in [-0.4, -0.2) is 34.3 Å². The minimum Gasteiger partial charge on any atom is -0.355 e. The second kappa shape index (κ2) is 3.45. The molecule has 0 aromatic heterocycles. The highest BCUT2D eigenvalue weighted by Gasteiger charge is 1.99. The maximum absolute atomic E-state index is 4.95. The van der Waals surface area contributed by atoms with E-state index in [1.54, 1.807) is 0 Å². The van der Waals surface area contributed by atoms with E-state index < -0.39 is 0 Å². The summed E-state index contributed by atoms with van der Waals surface area (Å²) >= 11 is 7.08. The highest BCUT2D eigenvalue weighted by Crippen LogP contribution is 1.97. The van der Waals surface area contributed by atoms with Crippen molar-refractivity contribution in [3.63, 3.8) is 0 Å². The zero-order valence-corrected chi connectivity index (χ0v) is 8.15. The summed E-state index contributed by atoms with van der Waals surface area (Å²) in [5.41, 5.74) is 0. The molecule has 0 fully saturated rings. The minimum atomic E-state index is 0.839. The van der Waals surface area contributed by atoms with Crippen LogP contribution in [0.4, 0.5) is 0 Å². The lowest BCUT2D eigenvalue weighted by Crippen LogP contribution is -2.29. The second-order valence-electron chi connectivity index (χ2n) is 1.65. The van der Waals surface area contributed by atoms with Gasteiger partial charge < -0.3 is 4.90 Å². The first-order valence-corrected chi connectivity index (χ1v) is 3.54. The van der Waals surface area contributed by atoms with Crippen molar-refractivity contribution in [2.24, 2.45) is 0 Å². The van der Waals surface area contributed by atoms with E-state index >= 15 is 0 Å². The Morgan fingerprint density at radius 2 is 1.75 bits per heavy atom. The molecule has 0 rings (SSSR count). The van der Waals surface area contributed by atoms with Crippen LogP contribution >= 0.6 is 35.1 Å². The lowest BCUT2D eigenvalue weighted by atomic mass is 10.9. The molecule has 0 aliphatic carbocycles. The van der Waals surface area contributed by atoms with E-state index in [0.717, 1.165) is 5.11 Å². The molecule has 8 heavy (non-hydrogen) atoms. The molecule has 0 amide bonds. The highest BCUT2D eigenvalue weighted by atomic mass is 127. The third-order valence-corrected chi connectivity index (χ3v) is 2.07. The molecule has 0 atom stereocenters. The van der Waals surface area contributed by atoms with E-state index in [9.17, 15) is 0 Å². The molecule has 4 heteroatoms. The summed E-state index contributed by atoms with van der Waals surface area (Å²) in [7, 11) is 5.78. The van der Waals surface area contributed by atoms with Crippen LogP contribution in [0.1, 0.15) is 0 Å². The van der Waals surface area contributed by atoms with Crippen LogP contribution in [0.3, 0.4) is 0 Å². The quantitative estimate of drug-likeness (QED) is 0.358. The molecule has 0 radical (unpaired) electrons. The number of hydrogen-bond donors (Lipinski definition) is 0. The average Bonchev–Trinajstić information content (AvgIpc) is 1.64. The largest absolute Gasteiger partial charge is 0.355 e. The second-order valence-corrected chi connectivity index (χ2v) is 3.47. The molecular formula is C4H9IN2S. The molecule has 0 saturated carbocycles. The van der Waals surface area contributed by atoms with E-state index in [-0.39, 0.29) is 0 Å². The van der Waals surface area contributed by atoms with Gasteiger partial charge in [-0.05, 0) is 12.2 Å². The Morgan fingerprint density at radius 3 is 1.75 bits per heavy atom. The Kier molecular flexibility index (Phi) is 3.63. The zero-order valence-electron chi connectivity index (χ0n) is 5.18. The van der Waals surface area contributed by atoms with Crippen molar-refractivity contribution in [2.75, 3.05) is 21.1 Å². The molecule has 0 saturated heterocycles. The number of halogens is 1. The summed E-state index contributed by atoms with van der Waals surface area (Å²) in [6, 6.07) is 0. The van der Waals surface area contributed by atoms with Crippen LogP contribution in [0, 0.1) is 0 Å². The fraction of sp³-hybridized carbons (Fsp3) is 0.750. The topological polar surface area (TPSA) is 6.48 Å². The molecule has 0 aromatic rings. The zero-order chi connectivity index (χ0) is 6.73. The van der Waals surface area contributed by atoms with Gasteiger partial charge in [-0.2, -0.15) is 0 Å². The molecule has 0 N–H and O–H groups in total. The van der Waals surface area contributed by atoms with Crippen molar-refractivity contribution >= 4 is 40.2 Å². The van der Waals surface area contributed by atoms with Crippen molar-refractivity contribution < 1.29 is 0 Å². The predicted octanol–water partition coefficient (Wildman–Crippen LogP) is 1.11. The summed E-state index contributed by atoms with van der Waals surface area (Å²) in [4.78, 5) is 1.89. The maximum atomic E-state index is 4.95. The lowest BCUT2D eigenvalue weighted by molar-refractivity contribution is 0.582. The van der Waals surface area contributed by atoms with E-state index in [4.69, 9.17) is 12.2 Å². The van der Waals surface area contributed by atoms with Crippen LogP contribution in [0.5, 0.6) is 0 Å². The number of rotatable bonds is 0. The smallest absolute Gasteiger partial charge is 0.179 e. The first-order valence-electron chi connectivity index (χ1n) is 2.16. The minimum absolute atomic E-state index is 0.839. The highest BCUT2D eigenvalue weighted by molar-refractivity contribution is 14.1. The monoisotopic (exact) mass is 244 g/mol. The van der Waals surface area contributed by atoms with Crippen LogP contribution in [0.15, 0.2) is 0 Å². The van der Waals surface area contributed by atoms with Gasteiger partial charge in [-0.3, -0.25) is 3.11 Å². The summed E-state index contributed by atoms with van der Waals surface area (Å²) in [6.07, 6.45) is 0. The van der Waals surface area contributed by atoms with Gasteiger partial charge in [0.2, 0.25) is 0 Å². The number of thiocarbonyl (C=S) groups is 1. The van der Waals surface area contributed by atoms with Gasteiger partial charge in [0.15, 0.2) is 5.11 Å². The van der Waals surface area contributed by atoms with Crippen molar-refractivity contribution in [3.05, 3.63) is 0 Å². The summed E-state index contributed by atoms with van der Waals surface area (Å²) in [5, 5.41) is 0.839. The first kappa shape index (κ1) is 8.42. The Balaban J connectivity index is 3.65. The molecule has 0 aliphatic rings.